The zero-order valence-electron chi connectivity index (χ0n) is 18.8. The molecule has 4 rings (SSSR count). The molecule has 13 heteroatoms. The van der Waals surface area contributed by atoms with Crippen LogP contribution in [0.1, 0.15) is 43.4 Å². The summed E-state index contributed by atoms with van der Waals surface area (Å²) in [7, 11) is 0. The van der Waals surface area contributed by atoms with E-state index < -0.39 is 29.7 Å². The number of amides is 1. The molecule has 2 unspecified atom stereocenters. The average molecular weight is 502 g/mol. The summed E-state index contributed by atoms with van der Waals surface area (Å²) in [4.78, 5) is 27.4. The van der Waals surface area contributed by atoms with Crippen LogP contribution in [0.15, 0.2) is 24.4 Å². The Labute approximate surface area is 197 Å². The number of aromatic nitrogens is 3. The summed E-state index contributed by atoms with van der Waals surface area (Å²) in [5, 5.41) is 2.59. The Morgan fingerprint density at radius 1 is 1.09 bits per heavy atom. The number of carbonyl (C=O) groups excluding carboxylic acids is 1. The van der Waals surface area contributed by atoms with Gasteiger partial charge in [-0.25, -0.2) is 9.97 Å². The molecule has 1 amide bonds. The van der Waals surface area contributed by atoms with E-state index in [2.05, 4.69) is 20.3 Å². The lowest BCUT2D eigenvalue weighted by Gasteiger charge is -2.32. The van der Waals surface area contributed by atoms with Crippen molar-refractivity contribution in [1.82, 2.24) is 19.9 Å². The number of rotatable bonds is 4. The maximum atomic E-state index is 13.5. The molecule has 2 aliphatic rings. The molecule has 2 aromatic rings. The van der Waals surface area contributed by atoms with Crippen LogP contribution in [-0.2, 0) is 11.0 Å². The number of nitrogens with one attached hydrogen (secondary N) is 1. The Balaban J connectivity index is 1.69. The van der Waals surface area contributed by atoms with E-state index in [0.717, 1.165) is 12.1 Å². The highest BCUT2D eigenvalue weighted by Crippen LogP contribution is 2.37. The molecule has 2 fully saturated rings. The van der Waals surface area contributed by atoms with Crippen molar-refractivity contribution in [3.8, 4) is 0 Å². The van der Waals surface area contributed by atoms with Gasteiger partial charge < -0.3 is 15.1 Å². The second-order valence-electron chi connectivity index (χ2n) is 8.78. The van der Waals surface area contributed by atoms with Crippen LogP contribution in [-0.4, -0.2) is 58.1 Å². The third kappa shape index (κ3) is 5.76. The Morgan fingerprint density at radius 2 is 1.86 bits per heavy atom. The number of halogens is 6. The zero-order valence-corrected chi connectivity index (χ0v) is 18.8. The summed E-state index contributed by atoms with van der Waals surface area (Å²) in [5.41, 5.74) is -0.552. The largest absolute Gasteiger partial charge is 0.419 e. The van der Waals surface area contributed by atoms with E-state index in [9.17, 15) is 31.1 Å². The van der Waals surface area contributed by atoms with E-state index in [0.29, 0.717) is 31.6 Å². The smallest absolute Gasteiger partial charge is 0.342 e. The predicted octanol–water partition coefficient (Wildman–Crippen LogP) is 4.75. The third-order valence-electron chi connectivity index (χ3n) is 6.31. The van der Waals surface area contributed by atoms with Gasteiger partial charge in [0.25, 0.3) is 0 Å². The standard InChI is InChI=1S/C22H24F6N6O/c1-13(35)33-8-3-4-14(11-33)17-10-18(31-19-16(22(26,27)28)5-2-7-29-19)32-20(30-17)34-9-6-15(12-34)21(23,24)25/h2,5,7,10,14-15H,3-4,6,8-9,11-12H2,1H3,(H,29,30,31,32). The molecule has 2 saturated heterocycles. The van der Waals surface area contributed by atoms with Gasteiger partial charge in [0.1, 0.15) is 11.6 Å². The second-order valence-corrected chi connectivity index (χ2v) is 8.78. The molecular weight excluding hydrogens is 478 g/mol. The molecular formula is C22H24F6N6O. The summed E-state index contributed by atoms with van der Waals surface area (Å²) in [6.45, 7) is 2.11. The quantitative estimate of drug-likeness (QED) is 0.609. The minimum Gasteiger partial charge on any atom is -0.342 e. The number of likely N-dealkylation sites (tertiary alicyclic amines) is 1. The molecule has 0 aromatic carbocycles. The number of anilines is 3. The molecule has 0 spiro atoms. The van der Waals surface area contributed by atoms with Crippen molar-refractivity contribution in [1.29, 1.82) is 0 Å². The van der Waals surface area contributed by atoms with Gasteiger partial charge in [0.15, 0.2) is 0 Å². The van der Waals surface area contributed by atoms with E-state index in [4.69, 9.17) is 0 Å². The van der Waals surface area contributed by atoms with Gasteiger partial charge in [-0.3, -0.25) is 4.79 Å². The van der Waals surface area contributed by atoms with Gasteiger partial charge in [0, 0.05) is 51.3 Å². The first kappa shape index (κ1) is 25.0. The van der Waals surface area contributed by atoms with Crippen LogP contribution in [0.5, 0.6) is 0 Å². The normalized spacial score (nSPS) is 21.3. The summed E-state index contributed by atoms with van der Waals surface area (Å²) >= 11 is 0. The maximum absolute atomic E-state index is 13.5. The van der Waals surface area contributed by atoms with Crippen LogP contribution in [0.2, 0.25) is 0 Å². The van der Waals surface area contributed by atoms with Crippen LogP contribution >= 0.6 is 0 Å². The predicted molar refractivity (Wildman–Crippen MR) is 115 cm³/mol. The van der Waals surface area contributed by atoms with Crippen molar-refractivity contribution in [2.45, 2.75) is 44.5 Å². The minimum absolute atomic E-state index is 0.00110. The monoisotopic (exact) mass is 502 g/mol. The summed E-state index contributed by atoms with van der Waals surface area (Å²) < 4.78 is 80.1. The Bertz CT molecular complexity index is 1080. The minimum atomic E-state index is -4.67. The molecule has 2 atom stereocenters. The highest BCUT2D eigenvalue weighted by atomic mass is 19.4. The second kappa shape index (κ2) is 9.50. The molecule has 1 N–H and O–H groups in total. The van der Waals surface area contributed by atoms with Crippen molar-refractivity contribution < 1.29 is 31.1 Å². The van der Waals surface area contributed by atoms with Gasteiger partial charge in [-0.15, -0.1) is 0 Å². The molecule has 0 radical (unpaired) electrons. The SMILES string of the molecule is CC(=O)N1CCCC(c2cc(Nc3ncccc3C(F)(F)F)nc(N3CCC(C(F)(F)F)C3)n2)C1. The van der Waals surface area contributed by atoms with E-state index in [-0.39, 0.29) is 43.1 Å². The number of pyridine rings is 1. The Hall–Kier alpha value is -3.12. The van der Waals surface area contributed by atoms with Gasteiger partial charge in [-0.1, -0.05) is 0 Å². The lowest BCUT2D eigenvalue weighted by Crippen LogP contribution is -2.38. The van der Waals surface area contributed by atoms with Gasteiger partial charge in [-0.2, -0.15) is 31.3 Å². The summed E-state index contributed by atoms with van der Waals surface area (Å²) in [6, 6.07) is 3.51. The van der Waals surface area contributed by atoms with Crippen LogP contribution in [0.3, 0.4) is 0 Å². The van der Waals surface area contributed by atoms with Crippen molar-refractivity contribution in [2.75, 3.05) is 36.4 Å². The lowest BCUT2D eigenvalue weighted by atomic mass is 9.94. The van der Waals surface area contributed by atoms with Gasteiger partial charge in [0.2, 0.25) is 11.9 Å². The third-order valence-corrected chi connectivity index (χ3v) is 6.31. The number of nitrogens with zero attached hydrogens (tertiary/aromatic N) is 5. The Morgan fingerprint density at radius 3 is 2.51 bits per heavy atom. The van der Waals surface area contributed by atoms with Crippen LogP contribution in [0, 0.1) is 5.92 Å². The maximum Gasteiger partial charge on any atom is 0.419 e. The Kier molecular flexibility index (Phi) is 6.78. The fourth-order valence-corrected chi connectivity index (χ4v) is 4.44. The fraction of sp³-hybridized carbons (Fsp3) is 0.545. The number of carbonyl (C=O) groups is 1. The van der Waals surface area contributed by atoms with E-state index >= 15 is 0 Å². The zero-order chi connectivity index (χ0) is 25.4. The summed E-state index contributed by atoms with van der Waals surface area (Å²) in [6.07, 6.45) is -6.60. The molecule has 0 aliphatic carbocycles. The number of piperidine rings is 1. The number of hydrogen-bond donors (Lipinski definition) is 1. The van der Waals surface area contributed by atoms with Crippen LogP contribution in [0.4, 0.5) is 43.9 Å². The van der Waals surface area contributed by atoms with Gasteiger partial charge >= 0.3 is 12.4 Å². The summed E-state index contributed by atoms with van der Waals surface area (Å²) in [5.74, 6) is -2.37. The highest BCUT2D eigenvalue weighted by molar-refractivity contribution is 5.73. The molecule has 0 bridgehead atoms. The molecule has 35 heavy (non-hydrogen) atoms. The topological polar surface area (TPSA) is 74.2 Å². The van der Waals surface area contributed by atoms with Crippen molar-refractivity contribution in [2.24, 2.45) is 5.92 Å². The van der Waals surface area contributed by atoms with Crippen LogP contribution < -0.4 is 10.2 Å². The number of alkyl halides is 6. The van der Waals surface area contributed by atoms with E-state index in [1.807, 2.05) is 0 Å². The first-order valence-electron chi connectivity index (χ1n) is 11.2. The fourth-order valence-electron chi connectivity index (χ4n) is 4.44. The molecule has 7 nitrogen and oxygen atoms in total. The molecule has 4 heterocycles. The van der Waals surface area contributed by atoms with Gasteiger partial charge in [-0.05, 0) is 31.4 Å². The van der Waals surface area contributed by atoms with Gasteiger partial charge in [0.05, 0.1) is 17.2 Å². The van der Waals surface area contributed by atoms with E-state index in [1.54, 1.807) is 4.90 Å². The molecule has 190 valence electrons. The highest BCUT2D eigenvalue weighted by Gasteiger charge is 2.44. The molecule has 0 saturated carbocycles. The average Bonchev–Trinajstić information content (AvgIpc) is 3.30. The van der Waals surface area contributed by atoms with Crippen molar-refractivity contribution >= 4 is 23.5 Å². The van der Waals surface area contributed by atoms with E-state index in [1.165, 1.54) is 24.1 Å². The van der Waals surface area contributed by atoms with Crippen molar-refractivity contribution in [3.63, 3.8) is 0 Å². The van der Waals surface area contributed by atoms with Crippen molar-refractivity contribution in [3.05, 3.63) is 35.7 Å². The number of hydrogen-bond acceptors (Lipinski definition) is 6. The first-order chi connectivity index (χ1) is 16.4. The van der Waals surface area contributed by atoms with Crippen LogP contribution in [0.25, 0.3) is 0 Å². The first-order valence-corrected chi connectivity index (χ1v) is 11.2. The molecule has 2 aromatic heterocycles. The molecule has 2 aliphatic heterocycles. The lowest BCUT2D eigenvalue weighted by molar-refractivity contribution is -0.168.